The lowest BCUT2D eigenvalue weighted by Crippen LogP contribution is -2.42. The lowest BCUT2D eigenvalue weighted by Gasteiger charge is -2.26. The minimum atomic E-state index is -3.52. The molecule has 0 atom stereocenters. The van der Waals surface area contributed by atoms with Crippen molar-refractivity contribution in [3.63, 3.8) is 0 Å². The van der Waals surface area contributed by atoms with Crippen molar-refractivity contribution in [2.75, 3.05) is 5.75 Å². The standard InChI is InChI=1S/C20H19FN6O5S/c1-11-23-10-24-27(11)14-8-13(21)3-2-12(14)9-22-17(29)15-16(28)18(30)26-6-7-33(31,32)20(4-5-20)19(26)25-15/h2-3,8,10,28H,4-7,9H2,1H3,(H,22,29). The number of sulfone groups is 1. The van der Waals surface area contributed by atoms with Gasteiger partial charge in [0.05, 0.1) is 11.4 Å². The summed E-state index contributed by atoms with van der Waals surface area (Å²) >= 11 is 0. The van der Waals surface area contributed by atoms with Gasteiger partial charge in [-0.2, -0.15) is 5.10 Å². The molecule has 3 heterocycles. The number of rotatable bonds is 4. The van der Waals surface area contributed by atoms with Gasteiger partial charge < -0.3 is 10.4 Å². The molecule has 1 aliphatic carbocycles. The fourth-order valence-electron chi connectivity index (χ4n) is 4.13. The van der Waals surface area contributed by atoms with E-state index in [1.54, 1.807) is 6.92 Å². The molecule has 1 fully saturated rings. The van der Waals surface area contributed by atoms with Gasteiger partial charge >= 0.3 is 0 Å². The van der Waals surface area contributed by atoms with Gasteiger partial charge in [-0.15, -0.1) is 0 Å². The predicted molar refractivity (Wildman–Crippen MR) is 112 cm³/mol. The van der Waals surface area contributed by atoms with E-state index in [-0.39, 0.29) is 24.7 Å². The molecule has 172 valence electrons. The average Bonchev–Trinajstić information content (AvgIpc) is 3.48. The average molecular weight is 474 g/mol. The van der Waals surface area contributed by atoms with Crippen LogP contribution < -0.4 is 10.9 Å². The minimum Gasteiger partial charge on any atom is -0.501 e. The molecule has 2 aromatic heterocycles. The maximum atomic E-state index is 13.9. The Morgan fingerprint density at radius 1 is 1.33 bits per heavy atom. The first-order chi connectivity index (χ1) is 15.6. The predicted octanol–water partition coefficient (Wildman–Crippen LogP) is 0.325. The Balaban J connectivity index is 1.48. The maximum absolute atomic E-state index is 13.9. The minimum absolute atomic E-state index is 0.0117. The molecule has 13 heteroatoms. The molecule has 2 aliphatic rings. The van der Waals surface area contributed by atoms with Crippen LogP contribution in [0.2, 0.25) is 0 Å². The zero-order chi connectivity index (χ0) is 23.5. The number of hydrogen-bond donors (Lipinski definition) is 2. The van der Waals surface area contributed by atoms with E-state index in [1.165, 1.54) is 29.2 Å². The van der Waals surface area contributed by atoms with Gasteiger partial charge in [-0.1, -0.05) is 6.07 Å². The monoisotopic (exact) mass is 474 g/mol. The quantitative estimate of drug-likeness (QED) is 0.549. The highest BCUT2D eigenvalue weighted by Crippen LogP contribution is 2.53. The molecule has 1 aromatic carbocycles. The van der Waals surface area contributed by atoms with Crippen LogP contribution in [-0.2, 0) is 27.7 Å². The van der Waals surface area contributed by atoms with Crippen molar-refractivity contribution in [1.29, 1.82) is 0 Å². The molecule has 1 saturated carbocycles. The van der Waals surface area contributed by atoms with E-state index in [9.17, 15) is 27.5 Å². The molecule has 11 nitrogen and oxygen atoms in total. The first-order valence-corrected chi connectivity index (χ1v) is 11.8. The number of aromatic hydroxyl groups is 1. The van der Waals surface area contributed by atoms with Crippen molar-refractivity contribution >= 4 is 15.7 Å². The van der Waals surface area contributed by atoms with Crippen LogP contribution in [0.25, 0.3) is 5.69 Å². The summed E-state index contributed by atoms with van der Waals surface area (Å²) in [5.74, 6) is -1.95. The van der Waals surface area contributed by atoms with E-state index < -0.39 is 43.3 Å². The zero-order valence-electron chi connectivity index (χ0n) is 17.4. The van der Waals surface area contributed by atoms with Gasteiger partial charge in [0.25, 0.3) is 11.5 Å². The Bertz CT molecular complexity index is 1470. The van der Waals surface area contributed by atoms with E-state index in [0.717, 1.165) is 4.57 Å². The lowest BCUT2D eigenvalue weighted by atomic mass is 10.1. The molecule has 0 bridgehead atoms. The maximum Gasteiger partial charge on any atom is 0.296 e. The highest BCUT2D eigenvalue weighted by atomic mass is 32.2. The van der Waals surface area contributed by atoms with E-state index >= 15 is 0 Å². The SMILES string of the molecule is Cc1ncnn1-c1cc(F)ccc1CNC(=O)c1nc2n(c(=O)c1O)CCS(=O)(=O)C21CC1. The highest BCUT2D eigenvalue weighted by molar-refractivity contribution is 7.92. The summed E-state index contributed by atoms with van der Waals surface area (Å²) in [6.45, 7) is 1.46. The van der Waals surface area contributed by atoms with Gasteiger partial charge in [0, 0.05) is 13.1 Å². The summed E-state index contributed by atoms with van der Waals surface area (Å²) in [5.41, 5.74) is -0.549. The molecule has 2 N–H and O–H groups in total. The van der Waals surface area contributed by atoms with Crippen LogP contribution in [-0.4, -0.2) is 49.5 Å². The molecule has 33 heavy (non-hydrogen) atoms. The van der Waals surface area contributed by atoms with E-state index in [4.69, 9.17) is 0 Å². The van der Waals surface area contributed by atoms with Crippen molar-refractivity contribution in [1.82, 2.24) is 29.6 Å². The van der Waals surface area contributed by atoms with E-state index in [0.29, 0.717) is 29.9 Å². The number of nitrogens with one attached hydrogen (secondary N) is 1. The molecular weight excluding hydrogens is 455 g/mol. The molecule has 5 rings (SSSR count). The summed E-state index contributed by atoms with van der Waals surface area (Å²) in [5, 5.41) is 17.0. The molecular formula is C20H19FN6O5S. The number of aromatic nitrogens is 5. The number of nitrogens with zero attached hydrogens (tertiary/aromatic N) is 5. The van der Waals surface area contributed by atoms with Crippen molar-refractivity contribution in [2.24, 2.45) is 0 Å². The molecule has 3 aromatic rings. The number of halogens is 1. The Labute approximate surface area is 186 Å². The lowest BCUT2D eigenvalue weighted by molar-refractivity contribution is 0.0941. The number of amides is 1. The van der Waals surface area contributed by atoms with Crippen LogP contribution in [0.4, 0.5) is 4.39 Å². The van der Waals surface area contributed by atoms with Gasteiger partial charge in [-0.3, -0.25) is 14.2 Å². The number of benzene rings is 1. The second-order valence-corrected chi connectivity index (χ2v) is 10.5. The Morgan fingerprint density at radius 3 is 2.76 bits per heavy atom. The largest absolute Gasteiger partial charge is 0.501 e. The van der Waals surface area contributed by atoms with Gasteiger partial charge in [-0.05, 0) is 37.5 Å². The first kappa shape index (κ1) is 21.2. The second-order valence-electron chi connectivity index (χ2n) is 8.08. The smallest absolute Gasteiger partial charge is 0.296 e. The Hall–Kier alpha value is -3.61. The van der Waals surface area contributed by atoms with E-state index in [2.05, 4.69) is 20.4 Å². The molecule has 0 radical (unpaired) electrons. The zero-order valence-corrected chi connectivity index (χ0v) is 18.3. The van der Waals surface area contributed by atoms with Gasteiger partial charge in [0.1, 0.15) is 28.5 Å². The number of fused-ring (bicyclic) bond motifs is 2. The number of carbonyl (C=O) groups is 1. The third-order valence-corrected chi connectivity index (χ3v) is 8.59. The van der Waals surface area contributed by atoms with Gasteiger partial charge in [0.15, 0.2) is 15.5 Å². The van der Waals surface area contributed by atoms with Gasteiger partial charge in [-0.25, -0.2) is 27.5 Å². The van der Waals surface area contributed by atoms with Crippen LogP contribution in [0.15, 0.2) is 29.3 Å². The topological polar surface area (TPSA) is 149 Å². The van der Waals surface area contributed by atoms with Crippen molar-refractivity contribution in [3.05, 3.63) is 63.6 Å². The summed E-state index contributed by atoms with van der Waals surface area (Å²) in [6, 6.07) is 3.93. The molecule has 1 amide bonds. The van der Waals surface area contributed by atoms with Crippen molar-refractivity contribution in [2.45, 2.75) is 37.6 Å². The molecule has 1 aliphatic heterocycles. The van der Waals surface area contributed by atoms with Crippen LogP contribution >= 0.6 is 0 Å². The summed E-state index contributed by atoms with van der Waals surface area (Å²) in [4.78, 5) is 33.7. The normalized spacial score (nSPS) is 17.5. The van der Waals surface area contributed by atoms with Crippen LogP contribution in [0, 0.1) is 12.7 Å². The second kappa shape index (κ2) is 7.20. The Kier molecular flexibility index (Phi) is 4.64. The van der Waals surface area contributed by atoms with Crippen molar-refractivity contribution in [3.8, 4) is 11.4 Å². The van der Waals surface area contributed by atoms with Crippen molar-refractivity contribution < 1.29 is 22.7 Å². The van der Waals surface area contributed by atoms with Gasteiger partial charge in [0.2, 0.25) is 5.75 Å². The Morgan fingerprint density at radius 2 is 2.09 bits per heavy atom. The fourth-order valence-corrected chi connectivity index (χ4v) is 6.10. The number of hydrogen-bond acceptors (Lipinski definition) is 8. The first-order valence-electron chi connectivity index (χ1n) is 10.1. The number of carbonyl (C=O) groups excluding carboxylic acids is 1. The third-order valence-electron chi connectivity index (χ3n) is 6.08. The van der Waals surface area contributed by atoms with Crippen LogP contribution in [0.5, 0.6) is 5.75 Å². The summed E-state index contributed by atoms with van der Waals surface area (Å²) in [7, 11) is -3.52. The molecule has 0 unspecified atom stereocenters. The third kappa shape index (κ3) is 3.22. The fraction of sp³-hybridized carbons (Fsp3) is 0.350. The molecule has 0 saturated heterocycles. The highest BCUT2D eigenvalue weighted by Gasteiger charge is 2.60. The summed E-state index contributed by atoms with van der Waals surface area (Å²) in [6.07, 6.45) is 1.93. The van der Waals surface area contributed by atoms with Crippen LogP contribution in [0.3, 0.4) is 0 Å². The number of aryl methyl sites for hydroxylation is 1. The molecule has 1 spiro atoms. The summed E-state index contributed by atoms with van der Waals surface area (Å²) < 4.78 is 40.2. The van der Waals surface area contributed by atoms with Crippen LogP contribution in [0.1, 0.15) is 40.5 Å². The van der Waals surface area contributed by atoms with E-state index in [1.807, 2.05) is 0 Å².